The summed E-state index contributed by atoms with van der Waals surface area (Å²) >= 11 is 0. The number of hydrogen-bond acceptors (Lipinski definition) is 3. The molecule has 0 amide bonds. The van der Waals surface area contributed by atoms with Crippen molar-refractivity contribution in [3.63, 3.8) is 0 Å². The fourth-order valence-corrected chi connectivity index (χ4v) is 1.78. The van der Waals surface area contributed by atoms with E-state index in [9.17, 15) is 4.79 Å². The molecule has 1 fully saturated rings. The van der Waals surface area contributed by atoms with E-state index < -0.39 is 0 Å². The van der Waals surface area contributed by atoms with Gasteiger partial charge in [-0.1, -0.05) is 20.8 Å². The molecule has 3 heteroatoms. The van der Waals surface area contributed by atoms with Gasteiger partial charge < -0.3 is 4.74 Å². The van der Waals surface area contributed by atoms with E-state index >= 15 is 0 Å². The first-order valence-electron chi connectivity index (χ1n) is 5.72. The lowest BCUT2D eigenvalue weighted by atomic mass is 9.87. The predicted molar refractivity (Wildman–Crippen MR) is 60.9 cm³/mol. The summed E-state index contributed by atoms with van der Waals surface area (Å²) in [6.07, 6.45) is -0.235. The van der Waals surface area contributed by atoms with Crippen molar-refractivity contribution in [3.05, 3.63) is 0 Å². The van der Waals surface area contributed by atoms with E-state index in [1.807, 2.05) is 20.8 Å². The highest BCUT2D eigenvalue weighted by atomic mass is 16.5. The van der Waals surface area contributed by atoms with Crippen LogP contribution in [-0.4, -0.2) is 42.5 Å². The fourth-order valence-electron chi connectivity index (χ4n) is 1.78. The van der Waals surface area contributed by atoms with Crippen LogP contribution in [0.3, 0.4) is 0 Å². The van der Waals surface area contributed by atoms with Crippen molar-refractivity contribution in [2.24, 2.45) is 5.41 Å². The average molecular weight is 213 g/mol. The number of hydrogen-bond donors (Lipinski definition) is 0. The van der Waals surface area contributed by atoms with Gasteiger partial charge in [0.25, 0.3) is 0 Å². The van der Waals surface area contributed by atoms with Gasteiger partial charge in [0, 0.05) is 24.5 Å². The highest BCUT2D eigenvalue weighted by Gasteiger charge is 2.34. The highest BCUT2D eigenvalue weighted by molar-refractivity contribution is 5.88. The topological polar surface area (TPSA) is 29.5 Å². The normalized spacial score (nSPS) is 24.5. The molecule has 0 spiro atoms. The summed E-state index contributed by atoms with van der Waals surface area (Å²) in [5, 5.41) is 0. The molecule has 1 heterocycles. The molecule has 0 aromatic carbocycles. The zero-order valence-electron chi connectivity index (χ0n) is 10.5. The van der Waals surface area contributed by atoms with Gasteiger partial charge in [-0.05, 0) is 13.8 Å². The molecule has 1 atom stereocenters. The molecule has 0 bridgehead atoms. The maximum Gasteiger partial charge on any atom is 0.168 e. The van der Waals surface area contributed by atoms with Crippen LogP contribution in [0.25, 0.3) is 0 Å². The molecule has 0 aliphatic carbocycles. The molecule has 1 rings (SSSR count). The Balaban J connectivity index is 2.60. The number of ketones is 1. The zero-order valence-corrected chi connectivity index (χ0v) is 10.5. The van der Waals surface area contributed by atoms with Gasteiger partial charge >= 0.3 is 0 Å². The van der Waals surface area contributed by atoms with E-state index in [1.54, 1.807) is 0 Å². The molecule has 0 radical (unpaired) electrons. The Hall–Kier alpha value is -0.410. The minimum atomic E-state index is -0.301. The van der Waals surface area contributed by atoms with E-state index in [0.717, 1.165) is 13.1 Å². The number of ether oxygens (including phenoxy) is 1. The van der Waals surface area contributed by atoms with Crippen LogP contribution < -0.4 is 0 Å². The van der Waals surface area contributed by atoms with Crippen LogP contribution in [0.4, 0.5) is 0 Å². The molecule has 1 unspecified atom stereocenters. The van der Waals surface area contributed by atoms with E-state index in [2.05, 4.69) is 18.7 Å². The molecule has 0 saturated carbocycles. The molecular weight excluding hydrogens is 190 g/mol. The Kier molecular flexibility index (Phi) is 3.90. The van der Waals surface area contributed by atoms with Gasteiger partial charge in [0.1, 0.15) is 6.10 Å². The zero-order chi connectivity index (χ0) is 11.6. The SMILES string of the molecule is CC(C)N1CCOC(C(=O)C(C)(C)C)C1. The van der Waals surface area contributed by atoms with Crippen molar-refractivity contribution in [1.29, 1.82) is 0 Å². The predicted octanol–water partition coefficient (Wildman–Crippen LogP) is 1.71. The molecule has 88 valence electrons. The summed E-state index contributed by atoms with van der Waals surface area (Å²) in [5.74, 6) is 0.216. The van der Waals surface area contributed by atoms with E-state index in [0.29, 0.717) is 12.6 Å². The van der Waals surface area contributed by atoms with E-state index in [-0.39, 0.29) is 17.3 Å². The summed E-state index contributed by atoms with van der Waals surface area (Å²) in [4.78, 5) is 14.3. The molecule has 0 aromatic rings. The summed E-state index contributed by atoms with van der Waals surface area (Å²) in [6.45, 7) is 12.5. The number of carbonyl (C=O) groups is 1. The van der Waals surface area contributed by atoms with Gasteiger partial charge in [-0.3, -0.25) is 9.69 Å². The lowest BCUT2D eigenvalue weighted by Crippen LogP contribution is -2.51. The number of morpholine rings is 1. The van der Waals surface area contributed by atoms with Crippen molar-refractivity contribution < 1.29 is 9.53 Å². The lowest BCUT2D eigenvalue weighted by molar-refractivity contribution is -0.144. The second-order valence-corrected chi connectivity index (χ2v) is 5.56. The van der Waals surface area contributed by atoms with Crippen LogP contribution in [0.1, 0.15) is 34.6 Å². The van der Waals surface area contributed by atoms with Gasteiger partial charge in [-0.15, -0.1) is 0 Å². The van der Waals surface area contributed by atoms with Gasteiger partial charge in [0.05, 0.1) is 6.61 Å². The third kappa shape index (κ3) is 3.28. The Bertz CT molecular complexity index is 230. The smallest absolute Gasteiger partial charge is 0.168 e. The van der Waals surface area contributed by atoms with Crippen molar-refractivity contribution in [2.75, 3.05) is 19.7 Å². The maximum atomic E-state index is 12.0. The summed E-state index contributed by atoms with van der Waals surface area (Å²) < 4.78 is 5.56. The Labute approximate surface area is 92.8 Å². The second kappa shape index (κ2) is 4.62. The van der Waals surface area contributed by atoms with Crippen LogP contribution in [0.2, 0.25) is 0 Å². The largest absolute Gasteiger partial charge is 0.368 e. The van der Waals surface area contributed by atoms with Gasteiger partial charge in [0.15, 0.2) is 5.78 Å². The van der Waals surface area contributed by atoms with Crippen LogP contribution >= 0.6 is 0 Å². The van der Waals surface area contributed by atoms with Crippen LogP contribution in [-0.2, 0) is 9.53 Å². The van der Waals surface area contributed by atoms with Crippen LogP contribution in [0, 0.1) is 5.41 Å². The van der Waals surface area contributed by atoms with E-state index in [4.69, 9.17) is 4.74 Å². The minimum Gasteiger partial charge on any atom is -0.368 e. The monoisotopic (exact) mass is 213 g/mol. The molecule has 1 saturated heterocycles. The third-order valence-electron chi connectivity index (χ3n) is 2.86. The van der Waals surface area contributed by atoms with Gasteiger partial charge in [-0.25, -0.2) is 0 Å². The number of Topliss-reactive ketones (excluding diaryl/α,β-unsaturated/α-hetero) is 1. The quantitative estimate of drug-likeness (QED) is 0.699. The van der Waals surface area contributed by atoms with Crippen molar-refractivity contribution in [3.8, 4) is 0 Å². The highest BCUT2D eigenvalue weighted by Crippen LogP contribution is 2.21. The Morgan fingerprint density at radius 2 is 2.00 bits per heavy atom. The summed E-state index contributed by atoms with van der Waals surface area (Å²) in [5.41, 5.74) is -0.301. The Morgan fingerprint density at radius 1 is 1.40 bits per heavy atom. The van der Waals surface area contributed by atoms with Gasteiger partial charge in [-0.2, -0.15) is 0 Å². The maximum absolute atomic E-state index is 12.0. The van der Waals surface area contributed by atoms with Crippen LogP contribution in [0.5, 0.6) is 0 Å². The molecular formula is C12H23NO2. The standard InChI is InChI=1S/C12H23NO2/c1-9(2)13-6-7-15-10(8-13)11(14)12(3,4)5/h9-10H,6-8H2,1-5H3. The van der Waals surface area contributed by atoms with Crippen molar-refractivity contribution >= 4 is 5.78 Å². The Morgan fingerprint density at radius 3 is 2.47 bits per heavy atom. The first kappa shape index (κ1) is 12.7. The van der Waals surface area contributed by atoms with Crippen molar-refractivity contribution in [1.82, 2.24) is 4.90 Å². The number of rotatable bonds is 2. The molecule has 1 aliphatic rings. The molecule has 3 nitrogen and oxygen atoms in total. The third-order valence-corrected chi connectivity index (χ3v) is 2.86. The average Bonchev–Trinajstić information content (AvgIpc) is 2.15. The lowest BCUT2D eigenvalue weighted by Gasteiger charge is -2.36. The molecule has 1 aliphatic heterocycles. The molecule has 0 N–H and O–H groups in total. The fraction of sp³-hybridized carbons (Fsp3) is 0.917. The number of carbonyl (C=O) groups excluding carboxylic acids is 1. The van der Waals surface area contributed by atoms with Gasteiger partial charge in [0.2, 0.25) is 0 Å². The molecule has 15 heavy (non-hydrogen) atoms. The summed E-state index contributed by atoms with van der Waals surface area (Å²) in [6, 6.07) is 0.490. The first-order valence-corrected chi connectivity index (χ1v) is 5.72. The van der Waals surface area contributed by atoms with Crippen LogP contribution in [0.15, 0.2) is 0 Å². The minimum absolute atomic E-state index is 0.216. The van der Waals surface area contributed by atoms with E-state index in [1.165, 1.54) is 0 Å². The first-order chi connectivity index (χ1) is 6.82. The summed E-state index contributed by atoms with van der Waals surface area (Å²) in [7, 11) is 0. The molecule has 0 aromatic heterocycles. The van der Waals surface area contributed by atoms with Crippen molar-refractivity contribution in [2.45, 2.75) is 46.8 Å². The second-order valence-electron chi connectivity index (χ2n) is 5.56. The number of nitrogens with zero attached hydrogens (tertiary/aromatic N) is 1.